The first-order valence-electron chi connectivity index (χ1n) is 7.31. The van der Waals surface area contributed by atoms with Crippen LogP contribution < -0.4 is 5.48 Å². The third-order valence-electron chi connectivity index (χ3n) is 3.37. The molecule has 0 aliphatic rings. The molecule has 3 rings (SSSR count). The SMILES string of the molecule is O=C(NOC(c1ccccc1)c1ccccc1)c1ccccn1. The summed E-state index contributed by atoms with van der Waals surface area (Å²) in [7, 11) is 0. The van der Waals surface area contributed by atoms with E-state index in [-0.39, 0.29) is 12.0 Å². The monoisotopic (exact) mass is 304 g/mol. The molecule has 4 nitrogen and oxygen atoms in total. The number of carbonyl (C=O) groups is 1. The average molecular weight is 304 g/mol. The van der Waals surface area contributed by atoms with Gasteiger partial charge in [-0.3, -0.25) is 14.6 Å². The number of hydroxylamine groups is 1. The second kappa shape index (κ2) is 7.33. The molecule has 23 heavy (non-hydrogen) atoms. The van der Waals surface area contributed by atoms with Crippen molar-refractivity contribution in [2.45, 2.75) is 6.10 Å². The summed E-state index contributed by atoms with van der Waals surface area (Å²) in [6.45, 7) is 0. The van der Waals surface area contributed by atoms with Crippen LogP contribution >= 0.6 is 0 Å². The van der Waals surface area contributed by atoms with Crippen LogP contribution in [0, 0.1) is 0 Å². The predicted molar refractivity (Wildman–Crippen MR) is 87.5 cm³/mol. The fourth-order valence-electron chi connectivity index (χ4n) is 2.25. The van der Waals surface area contributed by atoms with E-state index >= 15 is 0 Å². The Morgan fingerprint density at radius 1 is 0.826 bits per heavy atom. The molecule has 0 bridgehead atoms. The van der Waals surface area contributed by atoms with Crippen molar-refractivity contribution in [1.82, 2.24) is 10.5 Å². The van der Waals surface area contributed by atoms with Gasteiger partial charge in [-0.1, -0.05) is 66.7 Å². The van der Waals surface area contributed by atoms with Gasteiger partial charge >= 0.3 is 0 Å². The van der Waals surface area contributed by atoms with Gasteiger partial charge in [-0.2, -0.15) is 0 Å². The van der Waals surface area contributed by atoms with Gasteiger partial charge in [0.1, 0.15) is 11.8 Å². The molecule has 0 saturated carbocycles. The van der Waals surface area contributed by atoms with Crippen molar-refractivity contribution in [2.24, 2.45) is 0 Å². The van der Waals surface area contributed by atoms with Crippen molar-refractivity contribution < 1.29 is 9.63 Å². The number of nitrogens with one attached hydrogen (secondary N) is 1. The number of rotatable bonds is 5. The van der Waals surface area contributed by atoms with Gasteiger partial charge in [-0.15, -0.1) is 0 Å². The van der Waals surface area contributed by atoms with Gasteiger partial charge in [-0.05, 0) is 23.3 Å². The molecule has 4 heteroatoms. The van der Waals surface area contributed by atoms with Gasteiger partial charge in [0, 0.05) is 6.20 Å². The lowest BCUT2D eigenvalue weighted by molar-refractivity contribution is 0.0000639. The molecule has 0 saturated heterocycles. The zero-order valence-corrected chi connectivity index (χ0v) is 12.4. The number of benzene rings is 2. The van der Waals surface area contributed by atoms with Gasteiger partial charge in [-0.25, -0.2) is 5.48 Å². The molecule has 0 radical (unpaired) electrons. The van der Waals surface area contributed by atoms with Crippen molar-refractivity contribution in [3.8, 4) is 0 Å². The summed E-state index contributed by atoms with van der Waals surface area (Å²) in [5.41, 5.74) is 4.72. The molecule has 3 aromatic rings. The van der Waals surface area contributed by atoms with Crippen LogP contribution in [0.1, 0.15) is 27.7 Å². The normalized spacial score (nSPS) is 10.5. The van der Waals surface area contributed by atoms with E-state index < -0.39 is 0 Å². The lowest BCUT2D eigenvalue weighted by atomic mass is 10.0. The summed E-state index contributed by atoms with van der Waals surface area (Å²) in [5.74, 6) is -0.373. The van der Waals surface area contributed by atoms with E-state index in [1.807, 2.05) is 60.7 Å². The van der Waals surface area contributed by atoms with E-state index in [4.69, 9.17) is 4.84 Å². The molecule has 0 atom stereocenters. The highest BCUT2D eigenvalue weighted by atomic mass is 16.7. The van der Waals surface area contributed by atoms with Crippen molar-refractivity contribution in [3.05, 3.63) is 102 Å². The Balaban J connectivity index is 1.79. The fourth-order valence-corrected chi connectivity index (χ4v) is 2.25. The van der Waals surface area contributed by atoms with Gasteiger partial charge in [0.2, 0.25) is 0 Å². The first-order chi connectivity index (χ1) is 11.3. The van der Waals surface area contributed by atoms with Crippen molar-refractivity contribution >= 4 is 5.91 Å². The van der Waals surface area contributed by atoms with Gasteiger partial charge in [0.25, 0.3) is 5.91 Å². The molecule has 0 fully saturated rings. The summed E-state index contributed by atoms with van der Waals surface area (Å²) in [5, 5.41) is 0. The Labute approximate surface area is 134 Å². The van der Waals surface area contributed by atoms with Crippen LogP contribution in [0.2, 0.25) is 0 Å². The third kappa shape index (κ3) is 3.81. The van der Waals surface area contributed by atoms with Crippen molar-refractivity contribution in [3.63, 3.8) is 0 Å². The van der Waals surface area contributed by atoms with Gasteiger partial charge < -0.3 is 0 Å². The topological polar surface area (TPSA) is 51.2 Å². The average Bonchev–Trinajstić information content (AvgIpc) is 2.64. The standard InChI is InChI=1S/C19H16N2O2/c22-19(17-13-7-8-14-20-17)21-23-18(15-9-3-1-4-10-15)16-11-5-2-6-12-16/h1-14,18H,(H,21,22). The molecular weight excluding hydrogens is 288 g/mol. The molecular formula is C19H16N2O2. The number of pyridine rings is 1. The van der Waals surface area contributed by atoms with E-state index in [2.05, 4.69) is 10.5 Å². The lowest BCUT2D eigenvalue weighted by Crippen LogP contribution is -2.27. The number of nitrogens with zero attached hydrogens (tertiary/aromatic N) is 1. The highest BCUT2D eigenvalue weighted by Gasteiger charge is 2.17. The number of aromatic nitrogens is 1. The summed E-state index contributed by atoms with van der Waals surface area (Å²) < 4.78 is 0. The first-order valence-corrected chi connectivity index (χ1v) is 7.31. The van der Waals surface area contributed by atoms with Gasteiger partial charge in [0.15, 0.2) is 0 Å². The Kier molecular flexibility index (Phi) is 4.76. The van der Waals surface area contributed by atoms with Crippen LogP contribution in [-0.4, -0.2) is 10.9 Å². The minimum atomic E-state index is -0.384. The van der Waals surface area contributed by atoms with Crippen LogP contribution in [0.4, 0.5) is 0 Å². The molecule has 114 valence electrons. The number of hydrogen-bond donors (Lipinski definition) is 1. The second-order valence-electron chi connectivity index (χ2n) is 4.97. The molecule has 2 aromatic carbocycles. The largest absolute Gasteiger partial charge is 0.293 e. The first kappa shape index (κ1) is 14.9. The van der Waals surface area contributed by atoms with Crippen LogP contribution in [-0.2, 0) is 4.84 Å². The van der Waals surface area contributed by atoms with E-state index in [1.165, 1.54) is 0 Å². The molecule has 1 N–H and O–H groups in total. The smallest absolute Gasteiger partial charge is 0.265 e. The van der Waals surface area contributed by atoms with E-state index in [1.54, 1.807) is 24.4 Å². The molecule has 0 spiro atoms. The fraction of sp³-hybridized carbons (Fsp3) is 0.0526. The molecule has 0 aliphatic carbocycles. The Bertz CT molecular complexity index is 707. The molecule has 0 unspecified atom stereocenters. The van der Waals surface area contributed by atoms with Crippen molar-refractivity contribution in [1.29, 1.82) is 0 Å². The molecule has 1 amide bonds. The van der Waals surface area contributed by atoms with Gasteiger partial charge in [0.05, 0.1) is 0 Å². The number of hydrogen-bond acceptors (Lipinski definition) is 3. The van der Waals surface area contributed by atoms with Crippen LogP contribution in [0.5, 0.6) is 0 Å². The highest BCUT2D eigenvalue weighted by Crippen LogP contribution is 2.24. The molecule has 1 heterocycles. The zero-order chi connectivity index (χ0) is 15.9. The highest BCUT2D eigenvalue weighted by molar-refractivity contribution is 5.91. The van der Waals surface area contributed by atoms with E-state index in [9.17, 15) is 4.79 Å². The Morgan fingerprint density at radius 2 is 1.39 bits per heavy atom. The summed E-state index contributed by atoms with van der Waals surface area (Å²) in [6.07, 6.45) is 1.19. The maximum absolute atomic E-state index is 12.1. The maximum Gasteiger partial charge on any atom is 0.293 e. The second-order valence-corrected chi connectivity index (χ2v) is 4.97. The number of amides is 1. The number of carbonyl (C=O) groups excluding carboxylic acids is 1. The van der Waals surface area contributed by atoms with Crippen LogP contribution in [0.25, 0.3) is 0 Å². The van der Waals surface area contributed by atoms with Crippen LogP contribution in [0.15, 0.2) is 85.1 Å². The molecule has 1 aromatic heterocycles. The summed E-state index contributed by atoms with van der Waals surface area (Å²) >= 11 is 0. The summed E-state index contributed by atoms with van der Waals surface area (Å²) in [4.78, 5) is 21.8. The quantitative estimate of drug-likeness (QED) is 0.734. The summed E-state index contributed by atoms with van der Waals surface area (Å²) in [6, 6.07) is 24.6. The minimum Gasteiger partial charge on any atom is -0.265 e. The third-order valence-corrected chi connectivity index (χ3v) is 3.37. The zero-order valence-electron chi connectivity index (χ0n) is 12.4. The minimum absolute atomic E-state index is 0.312. The lowest BCUT2D eigenvalue weighted by Gasteiger charge is -2.18. The van der Waals surface area contributed by atoms with Crippen molar-refractivity contribution in [2.75, 3.05) is 0 Å². The Morgan fingerprint density at radius 3 is 1.91 bits per heavy atom. The van der Waals surface area contributed by atoms with Crippen LogP contribution in [0.3, 0.4) is 0 Å². The van der Waals surface area contributed by atoms with E-state index in [0.717, 1.165) is 11.1 Å². The Hall–Kier alpha value is -2.98. The molecule has 0 aliphatic heterocycles. The maximum atomic E-state index is 12.1. The predicted octanol–water partition coefficient (Wildman–Crippen LogP) is 3.53. The van der Waals surface area contributed by atoms with E-state index in [0.29, 0.717) is 5.69 Å².